The van der Waals surface area contributed by atoms with Gasteiger partial charge in [-0.05, 0) is 18.2 Å². The van der Waals surface area contributed by atoms with Crippen LogP contribution in [-0.4, -0.2) is 21.8 Å². The smallest absolute Gasteiger partial charge is 0.352 e. The van der Waals surface area contributed by atoms with Crippen LogP contribution >= 0.6 is 15.9 Å². The maximum atomic E-state index is 12.1. The molecule has 0 amide bonds. The molecule has 2 rings (SSSR count). The first-order valence-electron chi connectivity index (χ1n) is 4.80. The van der Waals surface area contributed by atoms with Crippen molar-refractivity contribution >= 4 is 27.7 Å². The van der Waals surface area contributed by atoms with Crippen molar-refractivity contribution in [2.75, 3.05) is 0 Å². The molecule has 0 saturated carbocycles. The van der Waals surface area contributed by atoms with Gasteiger partial charge in [0.25, 0.3) is 0 Å². The monoisotopic (exact) mass is 293 g/mol. The molecule has 0 aliphatic carbocycles. The maximum absolute atomic E-state index is 12.1. The molecule has 0 spiro atoms. The molecular weight excluding hydrogens is 286 g/mol. The molecule has 17 heavy (non-hydrogen) atoms. The van der Waals surface area contributed by atoms with Crippen molar-refractivity contribution in [3.63, 3.8) is 0 Å². The second-order valence-corrected chi connectivity index (χ2v) is 4.27. The highest BCUT2D eigenvalue weighted by Gasteiger charge is 2.15. The molecule has 2 N–H and O–H groups in total. The van der Waals surface area contributed by atoms with Crippen LogP contribution in [-0.2, 0) is 0 Å². The van der Waals surface area contributed by atoms with Gasteiger partial charge in [0.1, 0.15) is 5.69 Å². The first-order chi connectivity index (χ1) is 8.09. The number of nitrogens with one attached hydrogen (secondary N) is 1. The lowest BCUT2D eigenvalue weighted by atomic mass is 10.1. The Morgan fingerprint density at radius 3 is 2.53 bits per heavy atom. The minimum Gasteiger partial charge on any atom is -0.477 e. The summed E-state index contributed by atoms with van der Waals surface area (Å²) in [5, 5.41) is 8.75. The molecular formula is C12H8BrNO3. The second kappa shape index (κ2) is 4.55. The number of H-pyrrole nitrogens is 1. The van der Waals surface area contributed by atoms with Crippen LogP contribution in [0.1, 0.15) is 26.4 Å². The summed E-state index contributed by atoms with van der Waals surface area (Å²) in [6.45, 7) is 0. The summed E-state index contributed by atoms with van der Waals surface area (Å²) in [6, 6.07) is 8.32. The van der Waals surface area contributed by atoms with Crippen LogP contribution in [0.4, 0.5) is 0 Å². The second-order valence-electron chi connectivity index (χ2n) is 3.42. The molecule has 0 unspecified atom stereocenters. The van der Waals surface area contributed by atoms with E-state index in [2.05, 4.69) is 20.9 Å². The van der Waals surface area contributed by atoms with Gasteiger partial charge in [-0.3, -0.25) is 4.79 Å². The van der Waals surface area contributed by atoms with E-state index in [1.807, 2.05) is 0 Å². The van der Waals surface area contributed by atoms with Gasteiger partial charge in [-0.2, -0.15) is 0 Å². The van der Waals surface area contributed by atoms with E-state index in [-0.39, 0.29) is 11.5 Å². The normalized spacial score (nSPS) is 10.2. The van der Waals surface area contributed by atoms with Gasteiger partial charge in [0.2, 0.25) is 0 Å². The molecule has 0 aliphatic rings. The van der Waals surface area contributed by atoms with E-state index in [0.717, 1.165) is 0 Å². The largest absolute Gasteiger partial charge is 0.477 e. The van der Waals surface area contributed by atoms with E-state index in [4.69, 9.17) is 5.11 Å². The number of aromatic nitrogens is 1. The third-order valence-electron chi connectivity index (χ3n) is 2.29. The van der Waals surface area contributed by atoms with Gasteiger partial charge < -0.3 is 10.1 Å². The number of aromatic carboxylic acids is 1. The van der Waals surface area contributed by atoms with Gasteiger partial charge in [0, 0.05) is 21.8 Å². The summed E-state index contributed by atoms with van der Waals surface area (Å²) < 4.78 is 0.683. The summed E-state index contributed by atoms with van der Waals surface area (Å²) in [7, 11) is 0. The van der Waals surface area contributed by atoms with E-state index < -0.39 is 5.97 Å². The number of hydrogen-bond acceptors (Lipinski definition) is 2. The molecule has 4 nitrogen and oxygen atoms in total. The Bertz CT molecular complexity index is 589. The molecule has 1 heterocycles. The fourth-order valence-corrected chi connectivity index (χ4v) is 1.91. The van der Waals surface area contributed by atoms with Crippen LogP contribution in [0, 0.1) is 0 Å². The maximum Gasteiger partial charge on any atom is 0.352 e. The molecule has 1 aromatic carbocycles. The molecule has 1 aromatic heterocycles. The van der Waals surface area contributed by atoms with Crippen LogP contribution in [0.15, 0.2) is 41.0 Å². The SMILES string of the molecule is O=C(O)c1cc(C(=O)c2ccccc2Br)c[nH]1. The number of rotatable bonds is 3. The Morgan fingerprint density at radius 2 is 1.94 bits per heavy atom. The van der Waals surface area contributed by atoms with E-state index in [9.17, 15) is 9.59 Å². The van der Waals surface area contributed by atoms with Crippen molar-refractivity contribution < 1.29 is 14.7 Å². The highest BCUT2D eigenvalue weighted by atomic mass is 79.9. The first-order valence-corrected chi connectivity index (χ1v) is 5.60. The standard InChI is InChI=1S/C12H8BrNO3/c13-9-4-2-1-3-8(9)11(15)7-5-10(12(16)17)14-6-7/h1-6,14H,(H,16,17). The predicted octanol–water partition coefficient (Wildman–Crippen LogP) is 2.71. The van der Waals surface area contributed by atoms with Crippen LogP contribution in [0.2, 0.25) is 0 Å². The lowest BCUT2D eigenvalue weighted by Crippen LogP contribution is -2.01. The summed E-state index contributed by atoms with van der Waals surface area (Å²) in [5.74, 6) is -1.31. The van der Waals surface area contributed by atoms with Crippen LogP contribution in [0.3, 0.4) is 0 Å². The zero-order valence-electron chi connectivity index (χ0n) is 8.61. The molecule has 86 valence electrons. The molecule has 0 bridgehead atoms. The fourth-order valence-electron chi connectivity index (χ4n) is 1.45. The predicted molar refractivity (Wildman–Crippen MR) is 65.3 cm³/mol. The molecule has 2 aromatic rings. The third-order valence-corrected chi connectivity index (χ3v) is 2.99. The average Bonchev–Trinajstić information content (AvgIpc) is 2.78. The number of carboxylic acids is 1. The van der Waals surface area contributed by atoms with Crippen molar-refractivity contribution in [1.29, 1.82) is 0 Å². The number of carbonyl (C=O) groups is 2. The number of halogens is 1. The number of aromatic amines is 1. The molecule has 5 heteroatoms. The number of carboxylic acid groups (broad SMARTS) is 1. The van der Waals surface area contributed by atoms with E-state index in [1.54, 1.807) is 24.3 Å². The van der Waals surface area contributed by atoms with Crippen LogP contribution < -0.4 is 0 Å². The summed E-state index contributed by atoms with van der Waals surface area (Å²) in [6.07, 6.45) is 1.39. The number of carbonyl (C=O) groups excluding carboxylic acids is 1. The van der Waals surface area contributed by atoms with Gasteiger partial charge in [0.05, 0.1) is 0 Å². The Hall–Kier alpha value is -1.88. The molecule has 0 radical (unpaired) electrons. The molecule has 0 fully saturated rings. The Morgan fingerprint density at radius 1 is 1.24 bits per heavy atom. The highest BCUT2D eigenvalue weighted by molar-refractivity contribution is 9.10. The Balaban J connectivity index is 2.37. The van der Waals surface area contributed by atoms with Crippen LogP contribution in [0.5, 0.6) is 0 Å². The first kappa shape index (κ1) is 11.6. The average molecular weight is 294 g/mol. The van der Waals surface area contributed by atoms with Crippen LogP contribution in [0.25, 0.3) is 0 Å². The molecule has 0 atom stereocenters. The Kier molecular flexibility index (Phi) is 3.10. The van der Waals surface area contributed by atoms with Gasteiger partial charge >= 0.3 is 5.97 Å². The topological polar surface area (TPSA) is 70.2 Å². The van der Waals surface area contributed by atoms with Crippen molar-refractivity contribution in [2.24, 2.45) is 0 Å². The van der Waals surface area contributed by atoms with Gasteiger partial charge in [0.15, 0.2) is 5.78 Å². The number of hydrogen-bond donors (Lipinski definition) is 2. The summed E-state index contributed by atoms with van der Waals surface area (Å²) in [4.78, 5) is 25.3. The number of benzene rings is 1. The fraction of sp³-hybridized carbons (Fsp3) is 0. The Labute approximate surface area is 105 Å². The van der Waals surface area contributed by atoms with Crippen molar-refractivity contribution in [3.05, 3.63) is 57.8 Å². The quantitative estimate of drug-likeness (QED) is 0.855. The lowest BCUT2D eigenvalue weighted by molar-refractivity contribution is 0.0691. The van der Waals surface area contributed by atoms with E-state index in [0.29, 0.717) is 15.6 Å². The van der Waals surface area contributed by atoms with E-state index >= 15 is 0 Å². The zero-order valence-corrected chi connectivity index (χ0v) is 10.2. The van der Waals surface area contributed by atoms with Crippen molar-refractivity contribution in [3.8, 4) is 0 Å². The molecule has 0 saturated heterocycles. The molecule has 0 aliphatic heterocycles. The van der Waals surface area contributed by atoms with Crippen molar-refractivity contribution in [1.82, 2.24) is 4.98 Å². The zero-order chi connectivity index (χ0) is 12.4. The minimum absolute atomic E-state index is 0.000374. The van der Waals surface area contributed by atoms with Gasteiger partial charge in [-0.25, -0.2) is 4.79 Å². The third kappa shape index (κ3) is 2.29. The number of ketones is 1. The van der Waals surface area contributed by atoms with Gasteiger partial charge in [-0.15, -0.1) is 0 Å². The van der Waals surface area contributed by atoms with E-state index in [1.165, 1.54) is 12.3 Å². The highest BCUT2D eigenvalue weighted by Crippen LogP contribution is 2.20. The van der Waals surface area contributed by atoms with Gasteiger partial charge in [-0.1, -0.05) is 28.1 Å². The minimum atomic E-state index is -1.09. The summed E-state index contributed by atoms with van der Waals surface area (Å²) in [5.41, 5.74) is 0.832. The van der Waals surface area contributed by atoms with Crippen molar-refractivity contribution in [2.45, 2.75) is 0 Å². The lowest BCUT2D eigenvalue weighted by Gasteiger charge is -2.00. The summed E-state index contributed by atoms with van der Waals surface area (Å²) >= 11 is 3.28.